The van der Waals surface area contributed by atoms with E-state index in [4.69, 9.17) is 0 Å². The Bertz CT molecular complexity index is 298. The van der Waals surface area contributed by atoms with Crippen LogP contribution in [0.25, 0.3) is 0 Å². The topological polar surface area (TPSA) is 58.2 Å². The molecule has 17 heavy (non-hydrogen) atoms. The summed E-state index contributed by atoms with van der Waals surface area (Å²) in [5, 5.41) is 3.21. The minimum atomic E-state index is -3.15. The van der Waals surface area contributed by atoms with Gasteiger partial charge in [0, 0.05) is 11.6 Å². The van der Waals surface area contributed by atoms with Crippen LogP contribution in [-0.2, 0) is 10.0 Å². The average molecular weight is 264 g/mol. The molecule has 0 saturated heterocycles. The summed E-state index contributed by atoms with van der Waals surface area (Å²) in [4.78, 5) is 0. The fourth-order valence-corrected chi connectivity index (χ4v) is 3.37. The summed E-state index contributed by atoms with van der Waals surface area (Å²) >= 11 is 0. The maximum absolute atomic E-state index is 11.8. The lowest BCUT2D eigenvalue weighted by atomic mass is 10.0. The number of hydrogen-bond donors (Lipinski definition) is 2. The molecule has 0 radical (unpaired) electrons. The molecule has 0 atom stereocenters. The van der Waals surface area contributed by atoms with Gasteiger partial charge in [0.25, 0.3) is 0 Å². The van der Waals surface area contributed by atoms with Gasteiger partial charge in [-0.15, -0.1) is 0 Å². The van der Waals surface area contributed by atoms with Crippen molar-refractivity contribution >= 4 is 10.0 Å². The van der Waals surface area contributed by atoms with E-state index in [1.165, 1.54) is 0 Å². The van der Waals surface area contributed by atoms with Crippen molar-refractivity contribution < 1.29 is 8.42 Å². The highest BCUT2D eigenvalue weighted by atomic mass is 32.2. The molecule has 0 amide bonds. The van der Waals surface area contributed by atoms with Crippen LogP contribution in [0, 0.1) is 0 Å². The molecule has 0 aromatic carbocycles. The van der Waals surface area contributed by atoms with E-state index < -0.39 is 10.0 Å². The van der Waals surface area contributed by atoms with Gasteiger partial charge in [-0.25, -0.2) is 13.1 Å². The van der Waals surface area contributed by atoms with Crippen molar-refractivity contribution in [3.05, 3.63) is 0 Å². The number of hydrogen-bond acceptors (Lipinski definition) is 3. The molecule has 0 aromatic heterocycles. The summed E-state index contributed by atoms with van der Waals surface area (Å²) in [5.41, 5.74) is -0.334. The SMILES string of the molecule is CCCC(C)(C)NS(=O)(=O)CCCNC(C)C. The third-order valence-electron chi connectivity index (χ3n) is 2.45. The Balaban J connectivity index is 4.04. The average Bonchev–Trinajstić information content (AvgIpc) is 2.10. The van der Waals surface area contributed by atoms with Gasteiger partial charge < -0.3 is 5.32 Å². The predicted octanol–water partition coefficient (Wildman–Crippen LogP) is 1.87. The fourth-order valence-electron chi connectivity index (χ4n) is 1.80. The van der Waals surface area contributed by atoms with E-state index >= 15 is 0 Å². The van der Waals surface area contributed by atoms with Crippen molar-refractivity contribution in [1.82, 2.24) is 10.0 Å². The molecule has 0 heterocycles. The van der Waals surface area contributed by atoms with Gasteiger partial charge in [0.2, 0.25) is 10.0 Å². The Morgan fingerprint density at radius 3 is 2.29 bits per heavy atom. The van der Waals surface area contributed by atoms with Crippen LogP contribution in [0.5, 0.6) is 0 Å². The van der Waals surface area contributed by atoms with Gasteiger partial charge in [0.1, 0.15) is 0 Å². The van der Waals surface area contributed by atoms with Crippen molar-refractivity contribution in [1.29, 1.82) is 0 Å². The lowest BCUT2D eigenvalue weighted by Crippen LogP contribution is -2.44. The Kier molecular flexibility index (Phi) is 7.28. The highest BCUT2D eigenvalue weighted by Gasteiger charge is 2.23. The van der Waals surface area contributed by atoms with E-state index in [1.54, 1.807) is 0 Å². The molecule has 5 heteroatoms. The fraction of sp³-hybridized carbons (Fsp3) is 1.00. The van der Waals surface area contributed by atoms with E-state index in [0.29, 0.717) is 12.5 Å². The molecule has 0 aliphatic heterocycles. The van der Waals surface area contributed by atoms with Crippen LogP contribution in [0.3, 0.4) is 0 Å². The summed E-state index contributed by atoms with van der Waals surface area (Å²) in [6.45, 7) is 10.8. The maximum Gasteiger partial charge on any atom is 0.212 e. The molecule has 0 aliphatic carbocycles. The van der Waals surface area contributed by atoms with Gasteiger partial charge in [-0.05, 0) is 33.2 Å². The molecule has 0 fully saturated rings. The number of sulfonamides is 1. The highest BCUT2D eigenvalue weighted by molar-refractivity contribution is 7.89. The molecule has 0 bridgehead atoms. The van der Waals surface area contributed by atoms with E-state index in [-0.39, 0.29) is 11.3 Å². The van der Waals surface area contributed by atoms with Crippen molar-refractivity contribution in [2.75, 3.05) is 12.3 Å². The predicted molar refractivity (Wildman–Crippen MR) is 73.7 cm³/mol. The Labute approximate surface area is 107 Å². The molecule has 0 spiro atoms. The standard InChI is InChI=1S/C12H28N2O2S/c1-6-8-12(4,5)14-17(15,16)10-7-9-13-11(2)3/h11,13-14H,6-10H2,1-5H3. The zero-order valence-corrected chi connectivity index (χ0v) is 12.7. The van der Waals surface area contributed by atoms with Crippen LogP contribution in [0.2, 0.25) is 0 Å². The first-order valence-corrected chi connectivity index (χ1v) is 8.09. The van der Waals surface area contributed by atoms with Gasteiger partial charge in [0.05, 0.1) is 5.75 Å². The van der Waals surface area contributed by atoms with E-state index in [2.05, 4.69) is 30.8 Å². The normalized spacial score (nSPS) is 13.3. The van der Waals surface area contributed by atoms with Crippen LogP contribution in [0.15, 0.2) is 0 Å². The molecule has 2 N–H and O–H groups in total. The summed E-state index contributed by atoms with van der Waals surface area (Å²) in [6, 6.07) is 0.405. The third kappa shape index (κ3) is 9.56. The second-order valence-electron chi connectivity index (χ2n) is 5.52. The lowest BCUT2D eigenvalue weighted by molar-refractivity contribution is 0.417. The first-order chi connectivity index (χ1) is 7.68. The summed E-state index contributed by atoms with van der Waals surface area (Å²) in [5.74, 6) is 0.194. The van der Waals surface area contributed by atoms with E-state index in [1.807, 2.05) is 13.8 Å². The van der Waals surface area contributed by atoms with E-state index in [0.717, 1.165) is 19.4 Å². The summed E-state index contributed by atoms with van der Waals surface area (Å²) in [6.07, 6.45) is 2.48. The van der Waals surface area contributed by atoms with Crippen molar-refractivity contribution in [3.8, 4) is 0 Å². The first kappa shape index (κ1) is 16.9. The minimum absolute atomic E-state index is 0.194. The molecule has 0 unspecified atom stereocenters. The molecule has 104 valence electrons. The van der Waals surface area contributed by atoms with Crippen LogP contribution in [0.4, 0.5) is 0 Å². The quantitative estimate of drug-likeness (QED) is 0.625. The number of rotatable bonds is 9. The van der Waals surface area contributed by atoms with Gasteiger partial charge in [0.15, 0.2) is 0 Å². The molecule has 0 aliphatic rings. The maximum atomic E-state index is 11.8. The van der Waals surface area contributed by atoms with Gasteiger partial charge >= 0.3 is 0 Å². The zero-order valence-electron chi connectivity index (χ0n) is 11.8. The number of nitrogens with one attached hydrogen (secondary N) is 2. The van der Waals surface area contributed by atoms with Crippen LogP contribution in [-0.4, -0.2) is 32.3 Å². The van der Waals surface area contributed by atoms with Crippen molar-refractivity contribution in [2.24, 2.45) is 0 Å². The Morgan fingerprint density at radius 2 is 1.82 bits per heavy atom. The van der Waals surface area contributed by atoms with Gasteiger partial charge in [-0.2, -0.15) is 0 Å². The second kappa shape index (κ2) is 7.34. The molecule has 4 nitrogen and oxygen atoms in total. The smallest absolute Gasteiger partial charge is 0.212 e. The van der Waals surface area contributed by atoms with Crippen molar-refractivity contribution in [3.63, 3.8) is 0 Å². The molecule has 0 saturated carbocycles. The zero-order chi connectivity index (χ0) is 13.5. The highest BCUT2D eigenvalue weighted by Crippen LogP contribution is 2.12. The molecule has 0 rings (SSSR count). The van der Waals surface area contributed by atoms with Crippen LogP contribution < -0.4 is 10.0 Å². The Morgan fingerprint density at radius 1 is 1.24 bits per heavy atom. The minimum Gasteiger partial charge on any atom is -0.314 e. The van der Waals surface area contributed by atoms with Gasteiger partial charge in [-0.1, -0.05) is 27.2 Å². The largest absolute Gasteiger partial charge is 0.314 e. The van der Waals surface area contributed by atoms with Gasteiger partial charge in [-0.3, -0.25) is 0 Å². The van der Waals surface area contributed by atoms with Crippen LogP contribution in [0.1, 0.15) is 53.9 Å². The molecular weight excluding hydrogens is 236 g/mol. The van der Waals surface area contributed by atoms with Crippen LogP contribution >= 0.6 is 0 Å². The molecular formula is C12H28N2O2S. The Hall–Kier alpha value is -0.130. The summed E-state index contributed by atoms with van der Waals surface area (Å²) < 4.78 is 26.4. The second-order valence-corrected chi connectivity index (χ2v) is 7.36. The first-order valence-electron chi connectivity index (χ1n) is 6.43. The third-order valence-corrected chi connectivity index (χ3v) is 4.14. The van der Waals surface area contributed by atoms with E-state index in [9.17, 15) is 8.42 Å². The summed E-state index contributed by atoms with van der Waals surface area (Å²) in [7, 11) is -3.15. The van der Waals surface area contributed by atoms with Crippen molar-refractivity contribution in [2.45, 2.75) is 65.5 Å². The lowest BCUT2D eigenvalue weighted by Gasteiger charge is -2.25. The monoisotopic (exact) mass is 264 g/mol. The molecule has 0 aromatic rings.